The molecule has 3 aromatic rings. The van der Waals surface area contributed by atoms with Crippen LogP contribution in [-0.4, -0.2) is 65.4 Å². The van der Waals surface area contributed by atoms with E-state index in [2.05, 4.69) is 25.8 Å². The molecule has 3 heterocycles. The normalized spacial score (nSPS) is 15.1. The number of hydrogen-bond acceptors (Lipinski definition) is 6. The highest BCUT2D eigenvalue weighted by atomic mass is 32.1. The first-order valence-electron chi connectivity index (χ1n) is 9.24. The summed E-state index contributed by atoms with van der Waals surface area (Å²) in [6, 6.07) is 8.63. The van der Waals surface area contributed by atoms with Crippen LogP contribution in [0.3, 0.4) is 0 Å². The van der Waals surface area contributed by atoms with Gasteiger partial charge in [0.15, 0.2) is 0 Å². The maximum atomic E-state index is 13.8. The summed E-state index contributed by atoms with van der Waals surface area (Å²) in [6.45, 7) is 3.82. The molecule has 1 saturated heterocycles. The SMILES string of the molecule is CN(Cc1ccccc1F)C(=O)CN1CCN(c2ncnc3sccc23)CC1. The number of amides is 1. The number of likely N-dealkylation sites (N-methyl/N-ethyl adjacent to an activating group) is 1. The highest BCUT2D eigenvalue weighted by Gasteiger charge is 2.23. The highest BCUT2D eigenvalue weighted by molar-refractivity contribution is 7.16. The Morgan fingerprint density at radius 2 is 1.96 bits per heavy atom. The minimum Gasteiger partial charge on any atom is -0.353 e. The van der Waals surface area contributed by atoms with E-state index in [1.54, 1.807) is 47.8 Å². The van der Waals surface area contributed by atoms with Crippen LogP contribution in [0.1, 0.15) is 5.56 Å². The van der Waals surface area contributed by atoms with Crippen LogP contribution < -0.4 is 4.90 Å². The summed E-state index contributed by atoms with van der Waals surface area (Å²) >= 11 is 1.61. The Bertz CT molecular complexity index is 970. The predicted molar refractivity (Wildman–Crippen MR) is 109 cm³/mol. The summed E-state index contributed by atoms with van der Waals surface area (Å²) in [5.74, 6) is 0.688. The third-order valence-corrected chi connectivity index (χ3v) is 5.88. The van der Waals surface area contributed by atoms with Crippen molar-refractivity contribution in [1.29, 1.82) is 0 Å². The molecule has 1 amide bonds. The standard InChI is InChI=1S/C20H22FN5OS/c1-24(12-15-4-2-3-5-17(15)21)18(27)13-25-7-9-26(10-8-25)19-16-6-11-28-20(16)23-14-22-19/h2-6,11,14H,7-10,12-13H2,1H3. The molecule has 2 aromatic heterocycles. The smallest absolute Gasteiger partial charge is 0.236 e. The number of hydrogen-bond donors (Lipinski definition) is 0. The van der Waals surface area contributed by atoms with Crippen LogP contribution in [0, 0.1) is 5.82 Å². The minimum absolute atomic E-state index is 0.000959. The van der Waals surface area contributed by atoms with Crippen LogP contribution in [0.25, 0.3) is 10.2 Å². The molecule has 0 bridgehead atoms. The monoisotopic (exact) mass is 399 g/mol. The Labute approximate surface area is 167 Å². The highest BCUT2D eigenvalue weighted by Crippen LogP contribution is 2.27. The molecule has 0 unspecified atom stereocenters. The zero-order valence-corrected chi connectivity index (χ0v) is 16.5. The van der Waals surface area contributed by atoms with Crippen LogP contribution >= 0.6 is 11.3 Å². The summed E-state index contributed by atoms with van der Waals surface area (Å²) in [7, 11) is 1.72. The van der Waals surface area contributed by atoms with Crippen molar-refractivity contribution in [2.75, 3.05) is 44.7 Å². The second-order valence-electron chi connectivity index (χ2n) is 6.94. The molecule has 4 rings (SSSR count). The van der Waals surface area contributed by atoms with Gasteiger partial charge in [-0.15, -0.1) is 11.3 Å². The van der Waals surface area contributed by atoms with Gasteiger partial charge in [-0.05, 0) is 17.5 Å². The fraction of sp³-hybridized carbons (Fsp3) is 0.350. The van der Waals surface area contributed by atoms with Crippen LogP contribution in [0.4, 0.5) is 10.2 Å². The maximum Gasteiger partial charge on any atom is 0.236 e. The second-order valence-corrected chi connectivity index (χ2v) is 7.84. The lowest BCUT2D eigenvalue weighted by Gasteiger charge is -2.35. The van der Waals surface area contributed by atoms with Gasteiger partial charge in [0, 0.05) is 45.3 Å². The Morgan fingerprint density at radius 3 is 2.75 bits per heavy atom. The number of anilines is 1. The fourth-order valence-corrected chi connectivity index (χ4v) is 4.16. The number of halogens is 1. The number of piperazine rings is 1. The van der Waals surface area contributed by atoms with Crippen molar-refractivity contribution >= 4 is 33.3 Å². The van der Waals surface area contributed by atoms with E-state index in [-0.39, 0.29) is 18.3 Å². The minimum atomic E-state index is -0.277. The number of aromatic nitrogens is 2. The van der Waals surface area contributed by atoms with Crippen molar-refractivity contribution < 1.29 is 9.18 Å². The molecule has 0 radical (unpaired) electrons. The van der Waals surface area contributed by atoms with E-state index in [0.29, 0.717) is 12.1 Å². The number of benzene rings is 1. The molecule has 1 aliphatic heterocycles. The van der Waals surface area contributed by atoms with E-state index >= 15 is 0 Å². The topological polar surface area (TPSA) is 52.6 Å². The molecule has 0 atom stereocenters. The van der Waals surface area contributed by atoms with Crippen LogP contribution in [0.15, 0.2) is 42.0 Å². The zero-order chi connectivity index (χ0) is 19.5. The largest absolute Gasteiger partial charge is 0.353 e. The molecule has 0 aliphatic carbocycles. The average molecular weight is 399 g/mol. The number of thiophene rings is 1. The Kier molecular flexibility index (Phi) is 5.50. The van der Waals surface area contributed by atoms with Crippen molar-refractivity contribution in [1.82, 2.24) is 19.8 Å². The van der Waals surface area contributed by atoms with Gasteiger partial charge in [-0.25, -0.2) is 14.4 Å². The van der Waals surface area contributed by atoms with Gasteiger partial charge in [-0.2, -0.15) is 0 Å². The third kappa shape index (κ3) is 3.98. The molecular formula is C20H22FN5OS. The fourth-order valence-electron chi connectivity index (χ4n) is 3.43. The maximum absolute atomic E-state index is 13.8. The lowest BCUT2D eigenvalue weighted by Crippen LogP contribution is -2.49. The summed E-state index contributed by atoms with van der Waals surface area (Å²) in [4.78, 5) is 28.3. The van der Waals surface area contributed by atoms with E-state index in [4.69, 9.17) is 0 Å². The third-order valence-electron chi connectivity index (χ3n) is 5.06. The summed E-state index contributed by atoms with van der Waals surface area (Å²) in [5, 5.41) is 3.12. The van der Waals surface area contributed by atoms with Gasteiger partial charge < -0.3 is 9.80 Å². The number of nitrogens with zero attached hydrogens (tertiary/aromatic N) is 5. The molecule has 8 heteroatoms. The van der Waals surface area contributed by atoms with Gasteiger partial charge in [0.1, 0.15) is 22.8 Å². The van der Waals surface area contributed by atoms with Crippen molar-refractivity contribution in [3.05, 3.63) is 53.4 Å². The van der Waals surface area contributed by atoms with Gasteiger partial charge in [-0.3, -0.25) is 9.69 Å². The van der Waals surface area contributed by atoms with Crippen LogP contribution in [0.2, 0.25) is 0 Å². The molecule has 1 aliphatic rings. The molecule has 0 spiro atoms. The Hall–Kier alpha value is -2.58. The lowest BCUT2D eigenvalue weighted by molar-refractivity contribution is -0.131. The molecular weight excluding hydrogens is 377 g/mol. The van der Waals surface area contributed by atoms with E-state index in [9.17, 15) is 9.18 Å². The number of carbonyl (C=O) groups excluding carboxylic acids is 1. The van der Waals surface area contributed by atoms with Crippen LogP contribution in [-0.2, 0) is 11.3 Å². The van der Waals surface area contributed by atoms with Gasteiger partial charge in [0.25, 0.3) is 0 Å². The molecule has 0 saturated carbocycles. The Morgan fingerprint density at radius 1 is 1.18 bits per heavy atom. The molecule has 1 aromatic carbocycles. The average Bonchev–Trinajstić information content (AvgIpc) is 3.19. The first-order valence-corrected chi connectivity index (χ1v) is 10.1. The zero-order valence-electron chi connectivity index (χ0n) is 15.7. The number of rotatable bonds is 5. The van der Waals surface area contributed by atoms with Gasteiger partial charge in [0.05, 0.1) is 11.9 Å². The molecule has 6 nitrogen and oxygen atoms in total. The van der Waals surface area contributed by atoms with Crippen molar-refractivity contribution in [3.63, 3.8) is 0 Å². The molecule has 28 heavy (non-hydrogen) atoms. The van der Waals surface area contributed by atoms with Crippen LogP contribution in [0.5, 0.6) is 0 Å². The van der Waals surface area contributed by atoms with Crippen molar-refractivity contribution in [3.8, 4) is 0 Å². The van der Waals surface area contributed by atoms with E-state index in [1.165, 1.54) is 6.07 Å². The number of carbonyl (C=O) groups is 1. The summed E-state index contributed by atoms with van der Waals surface area (Å²) in [5.41, 5.74) is 0.534. The summed E-state index contributed by atoms with van der Waals surface area (Å²) < 4.78 is 13.8. The van der Waals surface area contributed by atoms with E-state index < -0.39 is 0 Å². The molecule has 0 N–H and O–H groups in total. The Balaban J connectivity index is 1.32. The first kappa shape index (κ1) is 18.8. The number of fused-ring (bicyclic) bond motifs is 1. The van der Waals surface area contributed by atoms with Gasteiger partial charge in [0.2, 0.25) is 5.91 Å². The molecule has 146 valence electrons. The first-order chi connectivity index (χ1) is 13.6. The predicted octanol–water partition coefficient (Wildman–Crippen LogP) is 2.61. The second kappa shape index (κ2) is 8.20. The van der Waals surface area contributed by atoms with Crippen molar-refractivity contribution in [2.24, 2.45) is 0 Å². The summed E-state index contributed by atoms with van der Waals surface area (Å²) in [6.07, 6.45) is 1.61. The van der Waals surface area contributed by atoms with Gasteiger partial charge >= 0.3 is 0 Å². The quantitative estimate of drug-likeness (QED) is 0.660. The lowest BCUT2D eigenvalue weighted by atomic mass is 10.2. The van der Waals surface area contributed by atoms with Crippen molar-refractivity contribution in [2.45, 2.75) is 6.54 Å². The van der Waals surface area contributed by atoms with E-state index in [0.717, 1.165) is 42.2 Å². The molecule has 1 fully saturated rings. The van der Waals surface area contributed by atoms with Gasteiger partial charge in [-0.1, -0.05) is 18.2 Å². The van der Waals surface area contributed by atoms with E-state index in [1.807, 2.05) is 5.38 Å².